The topological polar surface area (TPSA) is 50.4 Å². The van der Waals surface area contributed by atoms with E-state index in [1.54, 1.807) is 25.3 Å². The van der Waals surface area contributed by atoms with E-state index in [1.165, 1.54) is 0 Å². The average Bonchev–Trinajstić information content (AvgIpc) is 2.19. The maximum absolute atomic E-state index is 11.4. The molecule has 2 N–H and O–H groups in total. The van der Waals surface area contributed by atoms with Crippen molar-refractivity contribution in [3.63, 3.8) is 0 Å². The fourth-order valence-corrected chi connectivity index (χ4v) is 1.36. The summed E-state index contributed by atoms with van der Waals surface area (Å²) in [4.78, 5) is 11.4. The lowest BCUT2D eigenvalue weighted by molar-refractivity contribution is 0.250. The van der Waals surface area contributed by atoms with Gasteiger partial charge in [-0.2, -0.15) is 0 Å². The Kier molecular flexibility index (Phi) is 4.43. The van der Waals surface area contributed by atoms with E-state index in [-0.39, 0.29) is 12.1 Å². The van der Waals surface area contributed by atoms with Gasteiger partial charge in [0, 0.05) is 12.1 Å². The number of nitrogens with one attached hydrogen (secondary N) is 2. The van der Waals surface area contributed by atoms with Gasteiger partial charge in [0.05, 0.1) is 17.8 Å². The predicted molar refractivity (Wildman–Crippen MR) is 65.3 cm³/mol. The lowest BCUT2D eigenvalue weighted by atomic mass is 10.3. The van der Waals surface area contributed by atoms with Gasteiger partial charge in [-0.05, 0) is 26.0 Å². The highest BCUT2D eigenvalue weighted by atomic mass is 35.5. The largest absolute Gasteiger partial charge is 0.497 e. The summed E-state index contributed by atoms with van der Waals surface area (Å²) < 4.78 is 5.01. The molecule has 0 aliphatic rings. The highest BCUT2D eigenvalue weighted by Crippen LogP contribution is 2.26. The molecule has 1 rings (SSSR count). The Bertz CT molecular complexity index is 380. The minimum Gasteiger partial charge on any atom is -0.497 e. The normalized spacial score (nSPS) is 10.1. The fourth-order valence-electron chi connectivity index (χ4n) is 1.14. The van der Waals surface area contributed by atoms with Crippen LogP contribution in [0.3, 0.4) is 0 Å². The Labute approximate surface area is 99.9 Å². The highest BCUT2D eigenvalue weighted by molar-refractivity contribution is 6.33. The van der Waals surface area contributed by atoms with Crippen LogP contribution in [0.25, 0.3) is 0 Å². The molecule has 0 spiro atoms. The molecule has 0 atom stereocenters. The number of carbonyl (C=O) groups excluding carboxylic acids is 1. The SMILES string of the molecule is COc1ccc(NC(=O)NC(C)C)c(Cl)c1. The monoisotopic (exact) mass is 242 g/mol. The van der Waals surface area contributed by atoms with Crippen LogP contribution in [-0.4, -0.2) is 19.2 Å². The van der Waals surface area contributed by atoms with Crippen molar-refractivity contribution in [1.82, 2.24) is 5.32 Å². The second-order valence-corrected chi connectivity index (χ2v) is 4.01. The summed E-state index contributed by atoms with van der Waals surface area (Å²) in [5, 5.41) is 5.81. The summed E-state index contributed by atoms with van der Waals surface area (Å²) in [6.45, 7) is 3.77. The number of carbonyl (C=O) groups is 1. The van der Waals surface area contributed by atoms with Crippen molar-refractivity contribution in [2.75, 3.05) is 12.4 Å². The molecule has 0 saturated heterocycles. The third-order valence-electron chi connectivity index (χ3n) is 1.84. The molecule has 2 amide bonds. The highest BCUT2D eigenvalue weighted by Gasteiger charge is 2.07. The molecule has 88 valence electrons. The van der Waals surface area contributed by atoms with Crippen LogP contribution in [0.5, 0.6) is 5.75 Å². The number of ether oxygens (including phenoxy) is 1. The third kappa shape index (κ3) is 3.62. The van der Waals surface area contributed by atoms with Gasteiger partial charge in [0.25, 0.3) is 0 Å². The molecule has 0 radical (unpaired) electrons. The number of urea groups is 1. The van der Waals surface area contributed by atoms with Crippen LogP contribution in [0, 0.1) is 0 Å². The van der Waals surface area contributed by atoms with Gasteiger partial charge >= 0.3 is 6.03 Å². The van der Waals surface area contributed by atoms with Gasteiger partial charge in [0.15, 0.2) is 0 Å². The van der Waals surface area contributed by atoms with Crippen LogP contribution >= 0.6 is 11.6 Å². The van der Waals surface area contributed by atoms with E-state index in [0.29, 0.717) is 16.5 Å². The summed E-state index contributed by atoms with van der Waals surface area (Å²) in [6, 6.07) is 4.88. The van der Waals surface area contributed by atoms with Crippen LogP contribution in [0.15, 0.2) is 18.2 Å². The van der Waals surface area contributed by atoms with Crippen molar-refractivity contribution in [2.45, 2.75) is 19.9 Å². The number of anilines is 1. The molecule has 16 heavy (non-hydrogen) atoms. The van der Waals surface area contributed by atoms with Gasteiger partial charge in [0.1, 0.15) is 5.75 Å². The molecule has 0 aliphatic carbocycles. The quantitative estimate of drug-likeness (QED) is 0.856. The zero-order chi connectivity index (χ0) is 12.1. The Morgan fingerprint density at radius 2 is 2.12 bits per heavy atom. The molecular weight excluding hydrogens is 228 g/mol. The molecular formula is C11H15ClN2O2. The van der Waals surface area contributed by atoms with Gasteiger partial charge in [-0.15, -0.1) is 0 Å². The van der Waals surface area contributed by atoms with Crippen LogP contribution in [0.1, 0.15) is 13.8 Å². The van der Waals surface area contributed by atoms with Crippen LogP contribution < -0.4 is 15.4 Å². The van der Waals surface area contributed by atoms with E-state index in [2.05, 4.69) is 10.6 Å². The van der Waals surface area contributed by atoms with Crippen molar-refractivity contribution >= 4 is 23.3 Å². The second kappa shape index (κ2) is 5.61. The van der Waals surface area contributed by atoms with Crippen molar-refractivity contribution in [1.29, 1.82) is 0 Å². The van der Waals surface area contributed by atoms with E-state index in [9.17, 15) is 4.79 Å². The van der Waals surface area contributed by atoms with Crippen LogP contribution in [-0.2, 0) is 0 Å². The van der Waals surface area contributed by atoms with Gasteiger partial charge in [-0.25, -0.2) is 4.79 Å². The maximum Gasteiger partial charge on any atom is 0.319 e. The Morgan fingerprint density at radius 1 is 1.44 bits per heavy atom. The summed E-state index contributed by atoms with van der Waals surface area (Å²) in [5.41, 5.74) is 0.556. The number of halogens is 1. The first-order chi connectivity index (χ1) is 7.52. The zero-order valence-electron chi connectivity index (χ0n) is 9.50. The zero-order valence-corrected chi connectivity index (χ0v) is 10.3. The number of amides is 2. The van der Waals surface area contributed by atoms with Crippen molar-refractivity contribution in [3.05, 3.63) is 23.2 Å². The molecule has 0 bridgehead atoms. The van der Waals surface area contributed by atoms with E-state index < -0.39 is 0 Å². The lowest BCUT2D eigenvalue weighted by Gasteiger charge is -2.11. The Hall–Kier alpha value is -1.42. The van der Waals surface area contributed by atoms with Gasteiger partial charge in [0.2, 0.25) is 0 Å². The van der Waals surface area contributed by atoms with Crippen molar-refractivity contribution < 1.29 is 9.53 Å². The number of methoxy groups -OCH3 is 1. The molecule has 0 saturated carbocycles. The average molecular weight is 243 g/mol. The number of benzene rings is 1. The molecule has 0 unspecified atom stereocenters. The maximum atomic E-state index is 11.4. The first-order valence-corrected chi connectivity index (χ1v) is 5.31. The molecule has 1 aromatic carbocycles. The molecule has 0 fully saturated rings. The first-order valence-electron chi connectivity index (χ1n) is 4.94. The molecule has 0 heterocycles. The van der Waals surface area contributed by atoms with Gasteiger partial charge < -0.3 is 15.4 Å². The lowest BCUT2D eigenvalue weighted by Crippen LogP contribution is -2.34. The predicted octanol–water partition coefficient (Wildman–Crippen LogP) is 2.88. The van der Waals surface area contributed by atoms with Gasteiger partial charge in [-0.3, -0.25) is 0 Å². The number of hydrogen-bond acceptors (Lipinski definition) is 2. The summed E-state index contributed by atoms with van der Waals surface area (Å²) in [7, 11) is 1.56. The van der Waals surface area contributed by atoms with E-state index in [0.717, 1.165) is 0 Å². The third-order valence-corrected chi connectivity index (χ3v) is 2.16. The van der Waals surface area contributed by atoms with Crippen LogP contribution in [0.2, 0.25) is 5.02 Å². The van der Waals surface area contributed by atoms with E-state index in [1.807, 2.05) is 13.8 Å². The molecule has 1 aromatic rings. The van der Waals surface area contributed by atoms with E-state index >= 15 is 0 Å². The minimum absolute atomic E-state index is 0.0806. The summed E-state index contributed by atoms with van der Waals surface area (Å²) in [6.07, 6.45) is 0. The molecule has 0 aliphatic heterocycles. The smallest absolute Gasteiger partial charge is 0.319 e. The summed E-state index contributed by atoms with van der Waals surface area (Å²) >= 11 is 5.97. The Morgan fingerprint density at radius 3 is 2.62 bits per heavy atom. The molecule has 4 nitrogen and oxygen atoms in total. The minimum atomic E-state index is -0.276. The van der Waals surface area contributed by atoms with E-state index in [4.69, 9.17) is 16.3 Å². The number of hydrogen-bond donors (Lipinski definition) is 2. The summed E-state index contributed by atoms with van der Waals surface area (Å²) in [5.74, 6) is 0.653. The fraction of sp³-hybridized carbons (Fsp3) is 0.364. The number of rotatable bonds is 3. The molecule has 0 aromatic heterocycles. The van der Waals surface area contributed by atoms with Crippen LogP contribution in [0.4, 0.5) is 10.5 Å². The van der Waals surface area contributed by atoms with Crippen molar-refractivity contribution in [2.24, 2.45) is 0 Å². The first kappa shape index (κ1) is 12.6. The molecule has 5 heteroatoms. The van der Waals surface area contributed by atoms with Gasteiger partial charge in [-0.1, -0.05) is 11.6 Å². The van der Waals surface area contributed by atoms with Crippen molar-refractivity contribution in [3.8, 4) is 5.75 Å². The standard InChI is InChI=1S/C11H15ClN2O2/c1-7(2)13-11(15)14-10-5-4-8(16-3)6-9(10)12/h4-7H,1-3H3,(H2,13,14,15). The Balaban J connectivity index is 2.70. The second-order valence-electron chi connectivity index (χ2n) is 3.60.